The summed E-state index contributed by atoms with van der Waals surface area (Å²) in [5.74, 6) is -4.63. The number of ether oxygens (including phenoxy) is 7. The second-order valence-electron chi connectivity index (χ2n) is 13.9. The van der Waals surface area contributed by atoms with Gasteiger partial charge < -0.3 is 33.2 Å². The number of rotatable bonds is 27. The molecule has 0 spiro atoms. The van der Waals surface area contributed by atoms with E-state index in [2.05, 4.69) is 13.2 Å². The van der Waals surface area contributed by atoms with Crippen molar-refractivity contribution >= 4 is 42.0 Å². The molecule has 0 aromatic heterocycles. The third kappa shape index (κ3) is 18.3. The first-order valence-electron chi connectivity index (χ1n) is 20.6. The minimum Gasteiger partial charge on any atom is -0.493 e. The molecule has 0 fully saturated rings. The highest BCUT2D eigenvalue weighted by molar-refractivity contribution is 5.96. The van der Waals surface area contributed by atoms with Gasteiger partial charge in [-0.05, 0) is 112 Å². The summed E-state index contributed by atoms with van der Waals surface area (Å²) in [6.07, 6.45) is 12.8. The van der Waals surface area contributed by atoms with Crippen LogP contribution in [0.15, 0.2) is 122 Å². The van der Waals surface area contributed by atoms with Crippen LogP contribution in [0.5, 0.6) is 23.0 Å². The van der Waals surface area contributed by atoms with E-state index >= 15 is 0 Å². The van der Waals surface area contributed by atoms with Crippen molar-refractivity contribution in [3.05, 3.63) is 156 Å². The molecule has 64 heavy (non-hydrogen) atoms. The number of halogens is 2. The van der Waals surface area contributed by atoms with Crippen molar-refractivity contribution < 1.29 is 65.9 Å². The molecule has 0 saturated carbocycles. The standard InChI is InChI=1S/C50H50F2O12/c1-3-46(53)60-30-14-7-5-12-28-58-39-22-18-37(43(51)33-39)20-26-48(55)63-41-24-25-45(42(32-41)50(57)62-35-36-16-10-9-11-17-36)64-49(56)27-21-38-19-23-40(34-44(38)52)59-29-13-6-8-15-31-61-47(54)4-2/h3-4,9-11,16-27,32-34H,1-2,5-8,12-15,28-31,35H2. The SMILES string of the molecule is C=CC(=O)OCCCCCCOc1ccc(C=CC(=O)Oc2ccc(OC(=O)C=Cc3ccc(OCCCCCCOC(=O)C=C)cc3F)c(C(=O)OCc3ccccc3)c2)c(F)c1. The van der Waals surface area contributed by atoms with Gasteiger partial charge in [-0.15, -0.1) is 0 Å². The number of esters is 5. The van der Waals surface area contributed by atoms with Crippen molar-refractivity contribution in [2.24, 2.45) is 0 Å². The molecule has 0 aliphatic heterocycles. The van der Waals surface area contributed by atoms with E-state index in [1.807, 2.05) is 0 Å². The highest BCUT2D eigenvalue weighted by Gasteiger charge is 2.19. The van der Waals surface area contributed by atoms with Crippen LogP contribution in [-0.2, 0) is 40.0 Å². The molecule has 14 heteroatoms. The van der Waals surface area contributed by atoms with E-state index in [-0.39, 0.29) is 34.8 Å². The van der Waals surface area contributed by atoms with Crippen molar-refractivity contribution in [1.29, 1.82) is 0 Å². The van der Waals surface area contributed by atoms with Crippen LogP contribution in [0.25, 0.3) is 12.2 Å². The average Bonchev–Trinajstić information content (AvgIpc) is 3.29. The van der Waals surface area contributed by atoms with Gasteiger partial charge in [0.15, 0.2) is 0 Å². The van der Waals surface area contributed by atoms with Crippen LogP contribution in [0.1, 0.15) is 78.4 Å². The summed E-state index contributed by atoms with van der Waals surface area (Å²) in [7, 11) is 0. The van der Waals surface area contributed by atoms with Crippen molar-refractivity contribution in [1.82, 2.24) is 0 Å². The van der Waals surface area contributed by atoms with E-state index < -0.39 is 41.5 Å². The summed E-state index contributed by atoms with van der Waals surface area (Å²) in [4.78, 5) is 61.2. The lowest BCUT2D eigenvalue weighted by Crippen LogP contribution is -2.12. The number of benzene rings is 4. The quantitative estimate of drug-likeness (QED) is 0.0184. The normalized spacial score (nSPS) is 10.8. The number of unbranched alkanes of at least 4 members (excludes halogenated alkanes) is 6. The van der Waals surface area contributed by atoms with Gasteiger partial charge >= 0.3 is 29.8 Å². The molecule has 0 heterocycles. The largest absolute Gasteiger partial charge is 0.493 e. The molecular weight excluding hydrogens is 831 g/mol. The lowest BCUT2D eigenvalue weighted by Gasteiger charge is -2.11. The first-order valence-corrected chi connectivity index (χ1v) is 20.6. The lowest BCUT2D eigenvalue weighted by molar-refractivity contribution is -0.138. The Labute approximate surface area is 370 Å². The van der Waals surface area contributed by atoms with Gasteiger partial charge in [-0.3, -0.25) is 0 Å². The highest BCUT2D eigenvalue weighted by atomic mass is 19.1. The van der Waals surface area contributed by atoms with E-state index in [9.17, 15) is 32.8 Å². The highest BCUT2D eigenvalue weighted by Crippen LogP contribution is 2.27. The number of carbonyl (C=O) groups excluding carboxylic acids is 5. The number of hydrogen-bond acceptors (Lipinski definition) is 12. The van der Waals surface area contributed by atoms with Crippen molar-refractivity contribution in [3.63, 3.8) is 0 Å². The van der Waals surface area contributed by atoms with E-state index in [1.54, 1.807) is 42.5 Å². The Hall–Kier alpha value is -7.35. The summed E-state index contributed by atoms with van der Waals surface area (Å²) in [5, 5.41) is 0. The fourth-order valence-corrected chi connectivity index (χ4v) is 5.65. The fraction of sp³-hybridized carbons (Fsp3) is 0.260. The zero-order chi connectivity index (χ0) is 45.9. The van der Waals surface area contributed by atoms with Crippen LogP contribution in [0, 0.1) is 11.6 Å². The maximum Gasteiger partial charge on any atom is 0.342 e. The summed E-state index contributed by atoms with van der Waals surface area (Å²) in [6, 6.07) is 20.9. The smallest absolute Gasteiger partial charge is 0.342 e. The Kier molecular flexibility index (Phi) is 21.2. The van der Waals surface area contributed by atoms with Gasteiger partial charge in [0.25, 0.3) is 0 Å². The molecule has 4 aromatic rings. The number of hydrogen-bond donors (Lipinski definition) is 0. The molecule has 0 aliphatic carbocycles. The van der Waals surface area contributed by atoms with Gasteiger partial charge in [-0.1, -0.05) is 43.5 Å². The average molecular weight is 881 g/mol. The van der Waals surface area contributed by atoms with Gasteiger partial charge in [0.2, 0.25) is 0 Å². The zero-order valence-electron chi connectivity index (χ0n) is 35.3. The van der Waals surface area contributed by atoms with Crippen LogP contribution < -0.4 is 18.9 Å². The minimum atomic E-state index is -0.942. The predicted octanol–water partition coefficient (Wildman–Crippen LogP) is 9.90. The molecule has 0 atom stereocenters. The summed E-state index contributed by atoms with van der Waals surface area (Å²) >= 11 is 0. The van der Waals surface area contributed by atoms with E-state index in [4.69, 9.17) is 33.2 Å². The summed E-state index contributed by atoms with van der Waals surface area (Å²) in [5.41, 5.74) is 0.610. The van der Waals surface area contributed by atoms with E-state index in [1.165, 1.54) is 48.6 Å². The van der Waals surface area contributed by atoms with Crippen LogP contribution in [0.2, 0.25) is 0 Å². The monoisotopic (exact) mass is 880 g/mol. The molecule has 0 aliphatic rings. The second kappa shape index (κ2) is 27.6. The van der Waals surface area contributed by atoms with Gasteiger partial charge in [-0.25, -0.2) is 32.8 Å². The Balaban J connectivity index is 1.32. The minimum absolute atomic E-state index is 0.0747. The number of carbonyl (C=O) groups is 5. The molecule has 0 unspecified atom stereocenters. The third-order valence-corrected chi connectivity index (χ3v) is 8.99. The molecule has 12 nitrogen and oxygen atoms in total. The van der Waals surface area contributed by atoms with Crippen molar-refractivity contribution in [2.75, 3.05) is 26.4 Å². The Morgan fingerprint density at radius 3 is 1.48 bits per heavy atom. The van der Waals surface area contributed by atoms with E-state index in [0.717, 1.165) is 62.5 Å². The Bertz CT molecular complexity index is 2270. The lowest BCUT2D eigenvalue weighted by atomic mass is 10.1. The molecule has 4 rings (SSSR count). The zero-order valence-corrected chi connectivity index (χ0v) is 35.3. The molecule has 0 N–H and O–H groups in total. The van der Waals surface area contributed by atoms with Crippen molar-refractivity contribution in [3.8, 4) is 23.0 Å². The van der Waals surface area contributed by atoms with Crippen LogP contribution in [-0.4, -0.2) is 56.3 Å². The molecule has 0 amide bonds. The molecule has 4 aromatic carbocycles. The predicted molar refractivity (Wildman–Crippen MR) is 234 cm³/mol. The molecule has 336 valence electrons. The van der Waals surface area contributed by atoms with Gasteiger partial charge in [-0.2, -0.15) is 0 Å². The van der Waals surface area contributed by atoms with Crippen LogP contribution in [0.3, 0.4) is 0 Å². The van der Waals surface area contributed by atoms with E-state index in [0.29, 0.717) is 62.8 Å². The van der Waals surface area contributed by atoms with Crippen molar-refractivity contribution in [2.45, 2.75) is 58.0 Å². The maximum atomic E-state index is 14.9. The third-order valence-electron chi connectivity index (χ3n) is 8.99. The first kappa shape index (κ1) is 49.3. The topological polar surface area (TPSA) is 150 Å². The Morgan fingerprint density at radius 2 is 0.984 bits per heavy atom. The molecule has 0 bridgehead atoms. The van der Waals surface area contributed by atoms with Gasteiger partial charge in [0.05, 0.1) is 26.4 Å². The molecule has 0 radical (unpaired) electrons. The maximum absolute atomic E-state index is 14.9. The van der Waals surface area contributed by atoms with Crippen LogP contribution in [0.4, 0.5) is 8.78 Å². The molecular formula is C50H50F2O12. The first-order chi connectivity index (χ1) is 31.0. The second-order valence-corrected chi connectivity index (χ2v) is 13.9. The summed E-state index contributed by atoms with van der Waals surface area (Å²) in [6.45, 7) is 7.92. The van der Waals surface area contributed by atoms with Gasteiger partial charge in [0.1, 0.15) is 46.8 Å². The fourth-order valence-electron chi connectivity index (χ4n) is 5.65. The Morgan fingerprint density at radius 1 is 0.500 bits per heavy atom. The van der Waals surface area contributed by atoms with Gasteiger partial charge in [0, 0.05) is 47.6 Å². The molecule has 0 saturated heterocycles. The van der Waals surface area contributed by atoms with Crippen LogP contribution >= 0.6 is 0 Å². The summed E-state index contributed by atoms with van der Waals surface area (Å²) < 4.78 is 67.2.